The van der Waals surface area contributed by atoms with Gasteiger partial charge in [-0.3, -0.25) is 4.79 Å². The number of hydrogen-bond acceptors (Lipinski definition) is 3. The number of para-hydroxylation sites is 1. The first-order chi connectivity index (χ1) is 18.2. The van der Waals surface area contributed by atoms with Crippen LogP contribution in [-0.2, 0) is 11.0 Å². The van der Waals surface area contributed by atoms with Crippen LogP contribution in [-0.4, -0.2) is 39.7 Å². The standard InChI is InChI=1S/C27H23F4N5O2/c1-2-35(26(38)32-22-11-7-6-10-21(22)27(29,30)31)17-25(37)33-24-16-23(18-8-4-3-5-9-18)34-36(24)20-14-12-19(28)13-15-20/h3-16H,2,17H2,1H3,(H,32,38)(H,33,37). The number of rotatable bonds is 7. The number of halogens is 4. The third kappa shape index (κ3) is 6.17. The van der Waals surface area contributed by atoms with Crippen LogP contribution in [0.4, 0.5) is 33.9 Å². The van der Waals surface area contributed by atoms with Crippen LogP contribution < -0.4 is 10.6 Å². The summed E-state index contributed by atoms with van der Waals surface area (Å²) < 4.78 is 54.8. The third-order valence-electron chi connectivity index (χ3n) is 5.60. The van der Waals surface area contributed by atoms with Gasteiger partial charge >= 0.3 is 12.2 Å². The fraction of sp³-hybridized carbons (Fsp3) is 0.148. The second-order valence-electron chi connectivity index (χ2n) is 8.20. The van der Waals surface area contributed by atoms with Crippen molar-refractivity contribution in [2.24, 2.45) is 0 Å². The van der Waals surface area contributed by atoms with Crippen LogP contribution in [0.2, 0.25) is 0 Å². The predicted molar refractivity (Wildman–Crippen MR) is 135 cm³/mol. The Morgan fingerprint density at radius 3 is 2.24 bits per heavy atom. The third-order valence-corrected chi connectivity index (χ3v) is 5.60. The van der Waals surface area contributed by atoms with E-state index < -0.39 is 41.7 Å². The van der Waals surface area contributed by atoms with Crippen molar-refractivity contribution in [1.82, 2.24) is 14.7 Å². The Labute approximate surface area is 215 Å². The molecule has 1 heterocycles. The van der Waals surface area contributed by atoms with Crippen molar-refractivity contribution < 1.29 is 27.2 Å². The maximum atomic E-state index is 13.5. The highest BCUT2D eigenvalue weighted by atomic mass is 19.4. The minimum atomic E-state index is -4.66. The van der Waals surface area contributed by atoms with Crippen molar-refractivity contribution in [2.45, 2.75) is 13.1 Å². The zero-order valence-electron chi connectivity index (χ0n) is 20.2. The van der Waals surface area contributed by atoms with Crippen LogP contribution in [0.3, 0.4) is 0 Å². The molecule has 0 fully saturated rings. The Kier molecular flexibility index (Phi) is 7.75. The maximum Gasteiger partial charge on any atom is 0.418 e. The molecule has 4 aromatic rings. The number of nitrogens with one attached hydrogen (secondary N) is 2. The molecule has 0 unspecified atom stereocenters. The summed E-state index contributed by atoms with van der Waals surface area (Å²) >= 11 is 0. The van der Waals surface area contributed by atoms with Crippen molar-refractivity contribution in [2.75, 3.05) is 23.7 Å². The first kappa shape index (κ1) is 26.4. The van der Waals surface area contributed by atoms with Crippen molar-refractivity contribution in [3.8, 4) is 16.9 Å². The number of carbonyl (C=O) groups excluding carboxylic acids is 2. The molecule has 7 nitrogen and oxygen atoms in total. The van der Waals surface area contributed by atoms with E-state index in [4.69, 9.17) is 0 Å². The van der Waals surface area contributed by atoms with Gasteiger partial charge in [-0.1, -0.05) is 42.5 Å². The summed E-state index contributed by atoms with van der Waals surface area (Å²) in [5.74, 6) is -0.778. The summed E-state index contributed by atoms with van der Waals surface area (Å²) in [5.41, 5.74) is 0.398. The molecule has 2 N–H and O–H groups in total. The molecular formula is C27H23F4N5O2. The zero-order valence-corrected chi connectivity index (χ0v) is 20.2. The van der Waals surface area contributed by atoms with E-state index in [1.54, 1.807) is 13.0 Å². The molecule has 38 heavy (non-hydrogen) atoms. The number of benzene rings is 3. The van der Waals surface area contributed by atoms with Gasteiger partial charge in [-0.05, 0) is 43.3 Å². The van der Waals surface area contributed by atoms with E-state index in [1.807, 2.05) is 30.3 Å². The van der Waals surface area contributed by atoms with E-state index in [1.165, 1.54) is 41.1 Å². The predicted octanol–water partition coefficient (Wildman–Crippen LogP) is 6.19. The Hall–Kier alpha value is -4.67. The lowest BCUT2D eigenvalue weighted by molar-refractivity contribution is -0.137. The fourth-order valence-corrected chi connectivity index (χ4v) is 3.72. The highest BCUT2D eigenvalue weighted by molar-refractivity contribution is 5.97. The van der Waals surface area contributed by atoms with Gasteiger partial charge in [-0.2, -0.15) is 18.3 Å². The molecule has 0 aliphatic heterocycles. The van der Waals surface area contributed by atoms with Crippen LogP contribution in [0.15, 0.2) is 84.9 Å². The number of likely N-dealkylation sites (N-methyl/N-ethyl adjacent to an activating group) is 1. The number of amides is 3. The van der Waals surface area contributed by atoms with E-state index in [0.29, 0.717) is 11.4 Å². The van der Waals surface area contributed by atoms with E-state index >= 15 is 0 Å². The number of anilines is 2. The van der Waals surface area contributed by atoms with Crippen LogP contribution >= 0.6 is 0 Å². The van der Waals surface area contributed by atoms with Gasteiger partial charge in [0.1, 0.15) is 18.2 Å². The smallest absolute Gasteiger partial charge is 0.315 e. The molecule has 0 atom stereocenters. The van der Waals surface area contributed by atoms with Crippen LogP contribution in [0.5, 0.6) is 0 Å². The van der Waals surface area contributed by atoms with E-state index in [0.717, 1.165) is 22.6 Å². The molecule has 0 spiro atoms. The number of aromatic nitrogens is 2. The van der Waals surface area contributed by atoms with Gasteiger partial charge < -0.3 is 15.5 Å². The summed E-state index contributed by atoms with van der Waals surface area (Å²) in [6.45, 7) is 1.21. The molecule has 4 rings (SSSR count). The van der Waals surface area contributed by atoms with Crippen molar-refractivity contribution in [3.63, 3.8) is 0 Å². The van der Waals surface area contributed by atoms with E-state index in [2.05, 4.69) is 15.7 Å². The van der Waals surface area contributed by atoms with E-state index in [-0.39, 0.29) is 12.4 Å². The monoisotopic (exact) mass is 525 g/mol. The van der Waals surface area contributed by atoms with Gasteiger partial charge in [-0.25, -0.2) is 13.9 Å². The molecule has 0 saturated heterocycles. The molecule has 0 radical (unpaired) electrons. The SMILES string of the molecule is CCN(CC(=O)Nc1cc(-c2ccccc2)nn1-c1ccc(F)cc1)C(=O)Nc1ccccc1C(F)(F)F. The number of hydrogen-bond donors (Lipinski definition) is 2. The first-order valence-corrected chi connectivity index (χ1v) is 11.6. The highest BCUT2D eigenvalue weighted by Gasteiger charge is 2.34. The molecule has 0 aliphatic rings. The molecule has 11 heteroatoms. The van der Waals surface area contributed by atoms with Crippen LogP contribution in [0.1, 0.15) is 12.5 Å². The molecule has 3 amide bonds. The Morgan fingerprint density at radius 1 is 0.921 bits per heavy atom. The number of carbonyl (C=O) groups is 2. The number of urea groups is 1. The lowest BCUT2D eigenvalue weighted by atomic mass is 10.1. The topological polar surface area (TPSA) is 79.3 Å². The summed E-state index contributed by atoms with van der Waals surface area (Å²) in [5, 5.41) is 9.47. The quantitative estimate of drug-likeness (QED) is 0.283. The van der Waals surface area contributed by atoms with Crippen LogP contribution in [0.25, 0.3) is 16.9 Å². The van der Waals surface area contributed by atoms with Gasteiger partial charge in [0, 0.05) is 18.2 Å². The summed E-state index contributed by atoms with van der Waals surface area (Å²) in [6.07, 6.45) is -4.66. The van der Waals surface area contributed by atoms with Gasteiger partial charge in [0.25, 0.3) is 0 Å². The minimum absolute atomic E-state index is 0.0555. The zero-order chi connectivity index (χ0) is 27.3. The normalized spacial score (nSPS) is 11.2. The molecule has 196 valence electrons. The average molecular weight is 526 g/mol. The second-order valence-corrected chi connectivity index (χ2v) is 8.20. The molecular weight excluding hydrogens is 502 g/mol. The summed E-state index contributed by atoms with van der Waals surface area (Å²) in [4.78, 5) is 26.7. The Morgan fingerprint density at radius 2 is 1.58 bits per heavy atom. The number of alkyl halides is 3. The highest BCUT2D eigenvalue weighted by Crippen LogP contribution is 2.34. The Bertz CT molecular complexity index is 1420. The van der Waals surface area contributed by atoms with Crippen molar-refractivity contribution in [1.29, 1.82) is 0 Å². The summed E-state index contributed by atoms with van der Waals surface area (Å²) in [6, 6.07) is 20.1. The molecule has 0 aliphatic carbocycles. The number of nitrogens with zero attached hydrogens (tertiary/aromatic N) is 3. The lowest BCUT2D eigenvalue weighted by Gasteiger charge is -2.22. The molecule has 0 saturated carbocycles. The molecule has 3 aromatic carbocycles. The maximum absolute atomic E-state index is 13.5. The average Bonchev–Trinajstić information content (AvgIpc) is 3.31. The van der Waals surface area contributed by atoms with E-state index in [9.17, 15) is 27.2 Å². The largest absolute Gasteiger partial charge is 0.418 e. The summed E-state index contributed by atoms with van der Waals surface area (Å²) in [7, 11) is 0. The molecule has 1 aromatic heterocycles. The van der Waals surface area contributed by atoms with Crippen molar-refractivity contribution in [3.05, 3.63) is 96.3 Å². The molecule has 0 bridgehead atoms. The van der Waals surface area contributed by atoms with Gasteiger partial charge in [0.05, 0.1) is 22.6 Å². The van der Waals surface area contributed by atoms with Gasteiger partial charge in [0.15, 0.2) is 0 Å². The fourth-order valence-electron chi connectivity index (χ4n) is 3.72. The second kappa shape index (κ2) is 11.2. The minimum Gasteiger partial charge on any atom is -0.315 e. The lowest BCUT2D eigenvalue weighted by Crippen LogP contribution is -2.40. The first-order valence-electron chi connectivity index (χ1n) is 11.6. The van der Waals surface area contributed by atoms with Crippen molar-refractivity contribution >= 4 is 23.4 Å². The van der Waals surface area contributed by atoms with Gasteiger partial charge in [-0.15, -0.1) is 0 Å². The Balaban J connectivity index is 1.54. The van der Waals surface area contributed by atoms with Gasteiger partial charge in [0.2, 0.25) is 5.91 Å². The van der Waals surface area contributed by atoms with Crippen LogP contribution in [0, 0.1) is 5.82 Å².